The Morgan fingerprint density at radius 2 is 1.87 bits per heavy atom. The number of carbonyl (C=O) groups excluding carboxylic acids is 1. The van der Waals surface area contributed by atoms with Crippen molar-refractivity contribution >= 4 is 22.4 Å². The lowest BCUT2D eigenvalue weighted by Crippen LogP contribution is -2.14. The molecule has 0 fully saturated rings. The molecule has 0 atom stereocenters. The van der Waals surface area contributed by atoms with Gasteiger partial charge in [0, 0.05) is 17.3 Å². The predicted molar refractivity (Wildman–Crippen MR) is 119 cm³/mol. The molecule has 5 nitrogen and oxygen atoms in total. The quantitative estimate of drug-likeness (QED) is 0.499. The molecule has 0 aliphatic heterocycles. The molecule has 4 rings (SSSR count). The second-order valence-corrected chi connectivity index (χ2v) is 7.20. The summed E-state index contributed by atoms with van der Waals surface area (Å²) in [5.74, 6) is 0.601. The molecule has 30 heavy (non-hydrogen) atoms. The first-order valence-corrected chi connectivity index (χ1v) is 9.76. The van der Waals surface area contributed by atoms with E-state index in [9.17, 15) is 9.59 Å². The number of rotatable bonds is 6. The molecule has 1 aromatic heterocycles. The third-order valence-electron chi connectivity index (χ3n) is 4.98. The number of hydrogen-bond acceptors (Lipinski definition) is 3. The molecule has 0 saturated carbocycles. The number of amides is 1. The molecule has 0 unspecified atom stereocenters. The highest BCUT2D eigenvalue weighted by molar-refractivity contribution is 5.95. The fraction of sp³-hybridized carbons (Fsp3) is 0.120. The molecule has 0 aliphatic rings. The van der Waals surface area contributed by atoms with Crippen molar-refractivity contribution < 1.29 is 9.53 Å². The summed E-state index contributed by atoms with van der Waals surface area (Å²) in [4.78, 5) is 26.9. The van der Waals surface area contributed by atoms with Crippen molar-refractivity contribution in [3.63, 3.8) is 0 Å². The minimum Gasteiger partial charge on any atom is -0.489 e. The van der Waals surface area contributed by atoms with Crippen LogP contribution in [0.2, 0.25) is 0 Å². The van der Waals surface area contributed by atoms with E-state index in [-0.39, 0.29) is 17.9 Å². The molecule has 0 saturated heterocycles. The number of hydrogen-bond donors (Lipinski definition) is 2. The van der Waals surface area contributed by atoms with Crippen molar-refractivity contribution in [1.29, 1.82) is 0 Å². The van der Waals surface area contributed by atoms with Crippen LogP contribution in [0.3, 0.4) is 0 Å². The number of carbonyl (C=O) groups is 1. The molecular weight excluding hydrogens is 376 g/mol. The number of benzene rings is 3. The highest BCUT2D eigenvalue weighted by atomic mass is 16.5. The number of pyridine rings is 1. The molecule has 0 aliphatic carbocycles. The predicted octanol–water partition coefficient (Wildman–Crippen LogP) is 4.60. The standard InChI is InChI=1S/C25H22N2O3/c1-17-5-2-3-7-20(17)16-30-22-8-4-6-18(13-22)14-24(28)27-21-9-10-23-19(15-21)11-12-26-25(23)29/h2-13,15H,14,16H2,1H3,(H,26,29)(H,27,28). The molecule has 1 amide bonds. The molecule has 0 radical (unpaired) electrons. The van der Waals surface area contributed by atoms with Crippen molar-refractivity contribution in [2.45, 2.75) is 20.0 Å². The van der Waals surface area contributed by atoms with Gasteiger partial charge < -0.3 is 15.0 Å². The Hall–Kier alpha value is -3.86. The van der Waals surface area contributed by atoms with Gasteiger partial charge in [0.25, 0.3) is 5.56 Å². The smallest absolute Gasteiger partial charge is 0.255 e. The van der Waals surface area contributed by atoms with E-state index >= 15 is 0 Å². The summed E-state index contributed by atoms with van der Waals surface area (Å²) >= 11 is 0. The number of nitrogens with one attached hydrogen (secondary N) is 2. The second kappa shape index (κ2) is 8.66. The van der Waals surface area contributed by atoms with E-state index in [4.69, 9.17) is 4.74 Å². The van der Waals surface area contributed by atoms with Crippen LogP contribution in [0.15, 0.2) is 83.8 Å². The molecule has 150 valence electrons. The van der Waals surface area contributed by atoms with Crippen LogP contribution in [0.25, 0.3) is 10.8 Å². The Labute approximate surface area is 174 Å². The molecular formula is C25H22N2O3. The van der Waals surface area contributed by atoms with Gasteiger partial charge in [-0.2, -0.15) is 0 Å². The van der Waals surface area contributed by atoms with Gasteiger partial charge in [-0.25, -0.2) is 0 Å². The van der Waals surface area contributed by atoms with Crippen molar-refractivity contribution in [2.24, 2.45) is 0 Å². The Balaban J connectivity index is 1.40. The maximum atomic E-state index is 12.5. The average Bonchev–Trinajstić information content (AvgIpc) is 2.73. The molecule has 3 aromatic carbocycles. The SMILES string of the molecule is Cc1ccccc1COc1cccc(CC(=O)Nc2ccc3c(=O)[nH]ccc3c2)c1. The molecule has 4 aromatic rings. The first-order valence-electron chi connectivity index (χ1n) is 9.76. The number of aryl methyl sites for hydroxylation is 1. The summed E-state index contributed by atoms with van der Waals surface area (Å²) in [6.07, 6.45) is 1.83. The fourth-order valence-corrected chi connectivity index (χ4v) is 3.34. The number of ether oxygens (including phenoxy) is 1. The molecule has 0 spiro atoms. The van der Waals surface area contributed by atoms with E-state index in [1.807, 2.05) is 48.5 Å². The summed E-state index contributed by atoms with van der Waals surface area (Å²) in [6, 6.07) is 22.7. The lowest BCUT2D eigenvalue weighted by Gasteiger charge is -2.10. The number of anilines is 1. The van der Waals surface area contributed by atoms with Crippen molar-refractivity contribution in [2.75, 3.05) is 5.32 Å². The van der Waals surface area contributed by atoms with Crippen LogP contribution >= 0.6 is 0 Å². The largest absolute Gasteiger partial charge is 0.489 e. The first kappa shape index (κ1) is 19.5. The normalized spacial score (nSPS) is 10.7. The van der Waals surface area contributed by atoms with Crippen LogP contribution in [0, 0.1) is 6.92 Å². The number of fused-ring (bicyclic) bond motifs is 1. The topological polar surface area (TPSA) is 71.2 Å². The Bertz CT molecular complexity index is 1260. The van der Waals surface area contributed by atoms with Crippen molar-refractivity contribution in [1.82, 2.24) is 4.98 Å². The van der Waals surface area contributed by atoms with E-state index in [2.05, 4.69) is 23.3 Å². The zero-order chi connectivity index (χ0) is 20.9. The van der Waals surface area contributed by atoms with E-state index in [1.165, 1.54) is 5.56 Å². The number of aromatic nitrogens is 1. The number of aromatic amines is 1. The summed E-state index contributed by atoms with van der Waals surface area (Å²) in [7, 11) is 0. The van der Waals surface area contributed by atoms with E-state index < -0.39 is 0 Å². The third kappa shape index (κ3) is 4.58. The second-order valence-electron chi connectivity index (χ2n) is 7.20. The minimum atomic E-state index is -0.145. The van der Waals surface area contributed by atoms with Gasteiger partial charge in [-0.15, -0.1) is 0 Å². The third-order valence-corrected chi connectivity index (χ3v) is 4.98. The van der Waals surface area contributed by atoms with Crippen molar-refractivity contribution in [3.05, 3.63) is 106 Å². The first-order chi connectivity index (χ1) is 14.6. The number of H-pyrrole nitrogens is 1. The van der Waals surface area contributed by atoms with Crippen LogP contribution in [0.4, 0.5) is 5.69 Å². The fourth-order valence-electron chi connectivity index (χ4n) is 3.34. The molecule has 5 heteroatoms. The van der Waals surface area contributed by atoms with E-state index in [0.29, 0.717) is 17.7 Å². The lowest BCUT2D eigenvalue weighted by atomic mass is 10.1. The zero-order valence-corrected chi connectivity index (χ0v) is 16.6. The van der Waals surface area contributed by atoms with Gasteiger partial charge in [0.2, 0.25) is 5.91 Å². The van der Waals surface area contributed by atoms with Crippen LogP contribution in [0.5, 0.6) is 5.75 Å². The summed E-state index contributed by atoms with van der Waals surface area (Å²) in [5, 5.41) is 4.27. The van der Waals surface area contributed by atoms with Gasteiger partial charge >= 0.3 is 0 Å². The maximum absolute atomic E-state index is 12.5. The summed E-state index contributed by atoms with van der Waals surface area (Å²) in [5.41, 5.74) is 3.70. The van der Waals surface area contributed by atoms with Gasteiger partial charge in [0.15, 0.2) is 0 Å². The zero-order valence-electron chi connectivity index (χ0n) is 16.6. The Kier molecular flexibility index (Phi) is 5.61. The average molecular weight is 398 g/mol. The van der Waals surface area contributed by atoms with Gasteiger partial charge in [-0.3, -0.25) is 9.59 Å². The van der Waals surface area contributed by atoms with Gasteiger partial charge in [0.05, 0.1) is 6.42 Å². The molecule has 0 bridgehead atoms. The summed E-state index contributed by atoms with van der Waals surface area (Å²) in [6.45, 7) is 2.54. The van der Waals surface area contributed by atoms with E-state index in [0.717, 1.165) is 22.3 Å². The van der Waals surface area contributed by atoms with Crippen LogP contribution in [0.1, 0.15) is 16.7 Å². The lowest BCUT2D eigenvalue weighted by molar-refractivity contribution is -0.115. The van der Waals surface area contributed by atoms with E-state index in [1.54, 1.807) is 24.4 Å². The summed E-state index contributed by atoms with van der Waals surface area (Å²) < 4.78 is 5.91. The van der Waals surface area contributed by atoms with Crippen molar-refractivity contribution in [3.8, 4) is 5.75 Å². The highest BCUT2D eigenvalue weighted by Gasteiger charge is 2.07. The van der Waals surface area contributed by atoms with Crippen LogP contribution in [-0.2, 0) is 17.8 Å². The van der Waals surface area contributed by atoms with Crippen LogP contribution < -0.4 is 15.6 Å². The van der Waals surface area contributed by atoms with Gasteiger partial charge in [-0.05, 0) is 65.4 Å². The van der Waals surface area contributed by atoms with Gasteiger partial charge in [0.1, 0.15) is 12.4 Å². The Morgan fingerprint density at radius 1 is 1.00 bits per heavy atom. The highest BCUT2D eigenvalue weighted by Crippen LogP contribution is 2.19. The molecule has 2 N–H and O–H groups in total. The maximum Gasteiger partial charge on any atom is 0.255 e. The van der Waals surface area contributed by atoms with Gasteiger partial charge in [-0.1, -0.05) is 36.4 Å². The minimum absolute atomic E-state index is 0.129. The monoisotopic (exact) mass is 398 g/mol. The van der Waals surface area contributed by atoms with Crippen LogP contribution in [-0.4, -0.2) is 10.9 Å². The Morgan fingerprint density at radius 3 is 2.73 bits per heavy atom. The molecule has 1 heterocycles.